The molecule has 2 fully saturated rings. The van der Waals surface area contributed by atoms with Gasteiger partial charge in [-0.2, -0.15) is 10.2 Å². The molecule has 6 heteroatoms. The Morgan fingerprint density at radius 3 is 2.85 bits per heavy atom. The van der Waals surface area contributed by atoms with E-state index in [4.69, 9.17) is 0 Å². The third-order valence-electron chi connectivity index (χ3n) is 6.06. The number of amides is 1. The van der Waals surface area contributed by atoms with E-state index in [1.807, 2.05) is 23.0 Å². The first kappa shape index (κ1) is 16.5. The highest BCUT2D eigenvalue weighted by Crippen LogP contribution is 2.35. The molecule has 2 aliphatic rings. The zero-order chi connectivity index (χ0) is 18.4. The monoisotopic (exact) mass is 363 g/mol. The van der Waals surface area contributed by atoms with Crippen LogP contribution in [-0.2, 0) is 0 Å². The molecule has 5 rings (SSSR count). The minimum Gasteiger partial charge on any atom is -0.348 e. The van der Waals surface area contributed by atoms with Gasteiger partial charge in [0.15, 0.2) is 5.69 Å². The van der Waals surface area contributed by atoms with E-state index >= 15 is 0 Å². The van der Waals surface area contributed by atoms with Crippen LogP contribution in [0.4, 0.5) is 0 Å². The third kappa shape index (κ3) is 3.13. The molecule has 2 aliphatic carbocycles. The quantitative estimate of drug-likeness (QED) is 0.734. The molecule has 1 amide bonds. The number of fused-ring (bicyclic) bond motifs is 1. The molecular formula is C21H25N5O. The van der Waals surface area contributed by atoms with Crippen molar-refractivity contribution < 1.29 is 4.79 Å². The van der Waals surface area contributed by atoms with E-state index in [-0.39, 0.29) is 11.9 Å². The second kappa shape index (κ2) is 6.51. The van der Waals surface area contributed by atoms with Gasteiger partial charge in [0.2, 0.25) is 0 Å². The summed E-state index contributed by atoms with van der Waals surface area (Å²) in [5.74, 6) is 0.447. The second-order valence-corrected chi connectivity index (χ2v) is 8.11. The minimum absolute atomic E-state index is 0.0779. The molecule has 140 valence electrons. The molecule has 0 spiro atoms. The normalized spacial score (nSPS) is 22.9. The number of nitrogens with zero attached hydrogens (tertiary/aromatic N) is 3. The summed E-state index contributed by atoms with van der Waals surface area (Å²) in [5, 5.41) is 15.9. The van der Waals surface area contributed by atoms with Crippen molar-refractivity contribution in [2.24, 2.45) is 5.92 Å². The van der Waals surface area contributed by atoms with E-state index in [1.54, 1.807) is 0 Å². The molecule has 2 aromatic heterocycles. The van der Waals surface area contributed by atoms with Crippen LogP contribution in [0.1, 0.15) is 62.0 Å². The predicted molar refractivity (Wildman–Crippen MR) is 104 cm³/mol. The number of nitrogens with one attached hydrogen (secondary N) is 2. The Bertz CT molecular complexity index is 984. The van der Waals surface area contributed by atoms with Crippen LogP contribution in [-0.4, -0.2) is 31.9 Å². The molecule has 2 N–H and O–H groups in total. The van der Waals surface area contributed by atoms with Crippen LogP contribution in [0.5, 0.6) is 0 Å². The molecular weight excluding hydrogens is 338 g/mol. The molecule has 0 radical (unpaired) electrons. The minimum atomic E-state index is -0.0779. The number of hydrogen-bond donors (Lipinski definition) is 2. The number of carbonyl (C=O) groups is 1. The number of hydrogen-bond acceptors (Lipinski definition) is 3. The fourth-order valence-corrected chi connectivity index (χ4v) is 4.16. The van der Waals surface area contributed by atoms with Gasteiger partial charge in [-0.05, 0) is 49.3 Å². The van der Waals surface area contributed by atoms with Gasteiger partial charge in [-0.25, -0.2) is 0 Å². The van der Waals surface area contributed by atoms with Gasteiger partial charge in [0.1, 0.15) is 0 Å². The molecule has 0 unspecified atom stereocenters. The van der Waals surface area contributed by atoms with Gasteiger partial charge in [-0.1, -0.05) is 25.8 Å². The van der Waals surface area contributed by atoms with Crippen molar-refractivity contribution in [3.05, 3.63) is 36.3 Å². The van der Waals surface area contributed by atoms with Crippen molar-refractivity contribution >= 4 is 16.8 Å². The average Bonchev–Trinajstić information content (AvgIpc) is 3.25. The zero-order valence-corrected chi connectivity index (χ0v) is 15.6. The number of rotatable bonds is 4. The Hall–Kier alpha value is -2.63. The highest BCUT2D eigenvalue weighted by atomic mass is 16.2. The molecule has 2 saturated carbocycles. The van der Waals surface area contributed by atoms with E-state index in [0.29, 0.717) is 17.7 Å². The number of aromatic nitrogens is 4. The standard InChI is InChI=1S/C21H25N5O/c1-13-4-2-3-5-18(13)23-21(27)20-17-10-14(6-9-19(17)24-25-20)15-11-22-26(12-15)16-7-8-16/h6,9-13,16,18H,2-5,7-8H2,1H3,(H,23,27)(H,24,25)/t13-,18-/m1/s1. The summed E-state index contributed by atoms with van der Waals surface area (Å²) in [6.07, 6.45) is 11.1. The highest BCUT2D eigenvalue weighted by molar-refractivity contribution is 6.05. The van der Waals surface area contributed by atoms with Gasteiger partial charge >= 0.3 is 0 Å². The highest BCUT2D eigenvalue weighted by Gasteiger charge is 2.26. The van der Waals surface area contributed by atoms with Gasteiger partial charge in [-0.3, -0.25) is 14.6 Å². The first-order valence-corrected chi connectivity index (χ1v) is 10.0. The maximum Gasteiger partial charge on any atom is 0.272 e. The van der Waals surface area contributed by atoms with Crippen molar-refractivity contribution in [2.75, 3.05) is 0 Å². The lowest BCUT2D eigenvalue weighted by atomic mass is 9.86. The lowest BCUT2D eigenvalue weighted by molar-refractivity contribution is 0.0907. The van der Waals surface area contributed by atoms with Crippen LogP contribution >= 0.6 is 0 Å². The van der Waals surface area contributed by atoms with Crippen LogP contribution in [0.15, 0.2) is 30.6 Å². The largest absolute Gasteiger partial charge is 0.348 e. The molecule has 2 heterocycles. The molecule has 0 saturated heterocycles. The molecule has 0 bridgehead atoms. The van der Waals surface area contributed by atoms with Crippen molar-refractivity contribution in [1.29, 1.82) is 0 Å². The van der Waals surface area contributed by atoms with Gasteiger partial charge < -0.3 is 5.32 Å². The van der Waals surface area contributed by atoms with Crippen molar-refractivity contribution in [3.8, 4) is 11.1 Å². The number of benzene rings is 1. The Labute approximate surface area is 158 Å². The Balaban J connectivity index is 1.43. The fourth-order valence-electron chi connectivity index (χ4n) is 4.16. The summed E-state index contributed by atoms with van der Waals surface area (Å²) in [6.45, 7) is 2.22. The number of H-pyrrole nitrogens is 1. The van der Waals surface area contributed by atoms with Crippen LogP contribution in [0.2, 0.25) is 0 Å². The van der Waals surface area contributed by atoms with E-state index in [2.05, 4.69) is 39.8 Å². The van der Waals surface area contributed by atoms with Crippen LogP contribution in [0, 0.1) is 5.92 Å². The average molecular weight is 363 g/mol. The summed E-state index contributed by atoms with van der Waals surface area (Å²) < 4.78 is 2.05. The summed E-state index contributed by atoms with van der Waals surface area (Å²) in [5.41, 5.74) is 3.52. The smallest absolute Gasteiger partial charge is 0.272 e. The first-order valence-electron chi connectivity index (χ1n) is 10.0. The van der Waals surface area contributed by atoms with E-state index in [0.717, 1.165) is 28.5 Å². The lowest BCUT2D eigenvalue weighted by Gasteiger charge is -2.29. The van der Waals surface area contributed by atoms with E-state index < -0.39 is 0 Å². The van der Waals surface area contributed by atoms with Gasteiger partial charge in [0.25, 0.3) is 5.91 Å². The summed E-state index contributed by atoms with van der Waals surface area (Å²) in [7, 11) is 0. The van der Waals surface area contributed by atoms with Crippen molar-refractivity contribution in [1.82, 2.24) is 25.3 Å². The SMILES string of the molecule is C[C@@H]1CCCC[C@H]1NC(=O)c1n[nH]c2ccc(-c3cnn(C4CC4)c3)cc12. The van der Waals surface area contributed by atoms with E-state index in [9.17, 15) is 4.79 Å². The Kier molecular flexibility index (Phi) is 3.99. The Morgan fingerprint density at radius 1 is 1.19 bits per heavy atom. The fraction of sp³-hybridized carbons (Fsp3) is 0.476. The molecule has 6 nitrogen and oxygen atoms in total. The van der Waals surface area contributed by atoms with Crippen molar-refractivity contribution in [3.63, 3.8) is 0 Å². The van der Waals surface area contributed by atoms with Crippen LogP contribution < -0.4 is 5.32 Å². The number of aromatic amines is 1. The Morgan fingerprint density at radius 2 is 2.04 bits per heavy atom. The van der Waals surface area contributed by atoms with Gasteiger partial charge in [0.05, 0.1) is 17.8 Å². The van der Waals surface area contributed by atoms with Crippen LogP contribution in [0.3, 0.4) is 0 Å². The van der Waals surface area contributed by atoms with Gasteiger partial charge in [-0.15, -0.1) is 0 Å². The maximum absolute atomic E-state index is 12.9. The lowest BCUT2D eigenvalue weighted by Crippen LogP contribution is -2.41. The molecule has 0 aliphatic heterocycles. The molecule has 3 aromatic rings. The molecule has 2 atom stereocenters. The predicted octanol–water partition coefficient (Wildman–Crippen LogP) is 4.07. The summed E-state index contributed by atoms with van der Waals surface area (Å²) in [6, 6.07) is 6.91. The molecule has 1 aromatic carbocycles. The van der Waals surface area contributed by atoms with Gasteiger partial charge in [0, 0.05) is 23.2 Å². The van der Waals surface area contributed by atoms with E-state index in [1.165, 1.54) is 32.1 Å². The molecule has 27 heavy (non-hydrogen) atoms. The van der Waals surface area contributed by atoms with Crippen LogP contribution in [0.25, 0.3) is 22.0 Å². The van der Waals surface area contributed by atoms with Crippen molar-refractivity contribution in [2.45, 2.75) is 57.5 Å². The second-order valence-electron chi connectivity index (χ2n) is 8.11. The number of carbonyl (C=O) groups excluding carboxylic acids is 1. The first-order chi connectivity index (χ1) is 13.2. The summed E-state index contributed by atoms with van der Waals surface area (Å²) in [4.78, 5) is 12.9. The third-order valence-corrected chi connectivity index (χ3v) is 6.06. The summed E-state index contributed by atoms with van der Waals surface area (Å²) >= 11 is 0. The topological polar surface area (TPSA) is 75.6 Å². The maximum atomic E-state index is 12.9. The zero-order valence-electron chi connectivity index (χ0n) is 15.6.